The minimum atomic E-state index is -0.993. The molecule has 8 nitrogen and oxygen atoms in total. The molecule has 0 bridgehead atoms. The van der Waals surface area contributed by atoms with Gasteiger partial charge in [-0.15, -0.1) is 0 Å². The number of benzene rings is 1. The van der Waals surface area contributed by atoms with Gasteiger partial charge in [0.05, 0.1) is 12.1 Å². The molecule has 8 heteroatoms. The number of urea groups is 1. The van der Waals surface area contributed by atoms with E-state index in [-0.39, 0.29) is 18.1 Å². The van der Waals surface area contributed by atoms with Crippen molar-refractivity contribution < 1.29 is 14.7 Å². The van der Waals surface area contributed by atoms with Gasteiger partial charge in [-0.3, -0.25) is 5.10 Å². The van der Waals surface area contributed by atoms with Crippen molar-refractivity contribution in [2.75, 3.05) is 12.4 Å². The number of rotatable bonds is 4. The molecule has 1 aromatic heterocycles. The summed E-state index contributed by atoms with van der Waals surface area (Å²) >= 11 is 0. The first-order valence-corrected chi connectivity index (χ1v) is 6.17. The maximum atomic E-state index is 12.0. The Labute approximate surface area is 120 Å². The molecule has 0 atom stereocenters. The number of carbonyl (C=O) groups excluding carboxylic acids is 1. The van der Waals surface area contributed by atoms with Crippen molar-refractivity contribution in [3.05, 3.63) is 41.5 Å². The maximum Gasteiger partial charge on any atom is 0.335 e. The van der Waals surface area contributed by atoms with Gasteiger partial charge in [0.15, 0.2) is 0 Å². The second kappa shape index (κ2) is 6.04. The number of aryl methyl sites for hydroxylation is 1. The van der Waals surface area contributed by atoms with Crippen molar-refractivity contribution in [3.63, 3.8) is 0 Å². The number of H-pyrrole nitrogens is 1. The second-order valence-electron chi connectivity index (χ2n) is 4.55. The highest BCUT2D eigenvalue weighted by atomic mass is 16.4. The molecule has 0 saturated carbocycles. The van der Waals surface area contributed by atoms with Crippen LogP contribution in [0.3, 0.4) is 0 Å². The fourth-order valence-electron chi connectivity index (χ4n) is 1.80. The molecule has 0 saturated heterocycles. The Balaban J connectivity index is 2.02. The van der Waals surface area contributed by atoms with E-state index < -0.39 is 5.97 Å². The maximum absolute atomic E-state index is 12.0. The van der Waals surface area contributed by atoms with E-state index in [1.807, 2.05) is 0 Å². The number of nitrogens with one attached hydrogen (secondary N) is 2. The molecular formula is C13H15N5O3. The minimum Gasteiger partial charge on any atom is -0.478 e. The van der Waals surface area contributed by atoms with Crippen LogP contribution in [0.25, 0.3) is 0 Å². The zero-order valence-corrected chi connectivity index (χ0v) is 11.6. The van der Waals surface area contributed by atoms with Crippen LogP contribution < -0.4 is 5.32 Å². The second-order valence-corrected chi connectivity index (χ2v) is 4.55. The molecule has 110 valence electrons. The fraction of sp³-hybridized carbons (Fsp3) is 0.231. The van der Waals surface area contributed by atoms with E-state index in [1.165, 1.54) is 17.3 Å². The third-order valence-corrected chi connectivity index (χ3v) is 2.91. The van der Waals surface area contributed by atoms with Gasteiger partial charge in [0.25, 0.3) is 0 Å². The van der Waals surface area contributed by atoms with Gasteiger partial charge >= 0.3 is 12.0 Å². The Bertz CT molecular complexity index is 654. The number of aromatic carboxylic acids is 1. The highest BCUT2D eigenvalue weighted by Gasteiger charge is 2.12. The van der Waals surface area contributed by atoms with E-state index in [1.54, 1.807) is 26.1 Å². The molecular weight excluding hydrogens is 274 g/mol. The SMILES string of the molecule is Cc1cc(NC(=O)N(C)Cc2ncn[nH]2)ccc1C(=O)O. The zero-order chi connectivity index (χ0) is 15.4. The van der Waals surface area contributed by atoms with Gasteiger partial charge in [0.1, 0.15) is 12.2 Å². The van der Waals surface area contributed by atoms with Crippen LogP contribution in [0.1, 0.15) is 21.7 Å². The van der Waals surface area contributed by atoms with Gasteiger partial charge in [-0.2, -0.15) is 5.10 Å². The first-order valence-electron chi connectivity index (χ1n) is 6.17. The average Bonchev–Trinajstić information content (AvgIpc) is 2.91. The third kappa shape index (κ3) is 3.56. The quantitative estimate of drug-likeness (QED) is 0.789. The Morgan fingerprint density at radius 3 is 2.76 bits per heavy atom. The molecule has 1 heterocycles. The number of aromatic nitrogens is 3. The summed E-state index contributed by atoms with van der Waals surface area (Å²) < 4.78 is 0. The van der Waals surface area contributed by atoms with E-state index in [2.05, 4.69) is 20.5 Å². The number of anilines is 1. The van der Waals surface area contributed by atoms with Crippen molar-refractivity contribution in [2.24, 2.45) is 0 Å². The molecule has 3 N–H and O–H groups in total. The molecule has 0 aliphatic carbocycles. The Morgan fingerprint density at radius 1 is 1.43 bits per heavy atom. The lowest BCUT2D eigenvalue weighted by Crippen LogP contribution is -2.31. The largest absolute Gasteiger partial charge is 0.478 e. The summed E-state index contributed by atoms with van der Waals surface area (Å²) in [5, 5.41) is 18.0. The summed E-state index contributed by atoms with van der Waals surface area (Å²) in [6.45, 7) is 1.97. The molecule has 0 unspecified atom stereocenters. The molecule has 21 heavy (non-hydrogen) atoms. The van der Waals surface area contributed by atoms with Crippen LogP contribution in [-0.4, -0.2) is 44.2 Å². The molecule has 2 aromatic rings. The zero-order valence-electron chi connectivity index (χ0n) is 11.6. The molecule has 1 aromatic carbocycles. The summed E-state index contributed by atoms with van der Waals surface area (Å²) in [5.74, 6) is -0.419. The number of hydrogen-bond acceptors (Lipinski definition) is 4. The van der Waals surface area contributed by atoms with Crippen molar-refractivity contribution in [2.45, 2.75) is 13.5 Å². The Hall–Kier alpha value is -2.90. The summed E-state index contributed by atoms with van der Waals surface area (Å²) in [5.41, 5.74) is 1.33. The topological polar surface area (TPSA) is 111 Å². The minimum absolute atomic E-state index is 0.211. The van der Waals surface area contributed by atoms with Gasteiger partial charge in [0.2, 0.25) is 0 Å². The number of aromatic amines is 1. The van der Waals surface area contributed by atoms with Gasteiger partial charge in [-0.25, -0.2) is 14.6 Å². The van der Waals surface area contributed by atoms with Gasteiger partial charge in [0, 0.05) is 12.7 Å². The number of carbonyl (C=O) groups is 2. The molecule has 2 rings (SSSR count). The third-order valence-electron chi connectivity index (χ3n) is 2.91. The molecule has 2 amide bonds. The van der Waals surface area contributed by atoms with Gasteiger partial charge in [-0.1, -0.05) is 0 Å². The van der Waals surface area contributed by atoms with Crippen LogP contribution >= 0.6 is 0 Å². The Kier molecular flexibility index (Phi) is 4.17. The summed E-state index contributed by atoms with van der Waals surface area (Å²) in [4.78, 5) is 28.3. The first kappa shape index (κ1) is 14.5. The molecule has 0 aliphatic heterocycles. The Morgan fingerprint density at radius 2 is 2.19 bits per heavy atom. The van der Waals surface area contributed by atoms with Crippen LogP contribution in [0.4, 0.5) is 10.5 Å². The van der Waals surface area contributed by atoms with E-state index >= 15 is 0 Å². The van der Waals surface area contributed by atoms with E-state index in [0.29, 0.717) is 17.1 Å². The molecule has 0 fully saturated rings. The van der Waals surface area contributed by atoms with Crippen LogP contribution in [0.2, 0.25) is 0 Å². The standard InChI is InChI=1S/C13H15N5O3/c1-8-5-9(3-4-10(8)12(19)20)16-13(21)18(2)6-11-14-7-15-17-11/h3-5,7H,6H2,1-2H3,(H,16,21)(H,19,20)(H,14,15,17). The predicted molar refractivity (Wildman–Crippen MR) is 75.0 cm³/mol. The first-order chi connectivity index (χ1) is 9.97. The average molecular weight is 289 g/mol. The van der Waals surface area contributed by atoms with Crippen molar-refractivity contribution in [3.8, 4) is 0 Å². The summed E-state index contributed by atoms with van der Waals surface area (Å²) in [7, 11) is 1.62. The van der Waals surface area contributed by atoms with Crippen LogP contribution in [0.5, 0.6) is 0 Å². The van der Waals surface area contributed by atoms with Gasteiger partial charge < -0.3 is 15.3 Å². The van der Waals surface area contributed by atoms with E-state index in [4.69, 9.17) is 5.11 Å². The van der Waals surface area contributed by atoms with Gasteiger partial charge in [-0.05, 0) is 30.7 Å². The smallest absolute Gasteiger partial charge is 0.335 e. The molecule has 0 aliphatic rings. The number of nitrogens with zero attached hydrogens (tertiary/aromatic N) is 3. The van der Waals surface area contributed by atoms with Crippen LogP contribution in [-0.2, 0) is 6.54 Å². The van der Waals surface area contributed by atoms with Crippen molar-refractivity contribution in [1.82, 2.24) is 20.1 Å². The normalized spacial score (nSPS) is 10.2. The number of hydrogen-bond donors (Lipinski definition) is 3. The fourth-order valence-corrected chi connectivity index (χ4v) is 1.80. The summed E-state index contributed by atoms with van der Waals surface area (Å²) in [6, 6.07) is 4.30. The number of amides is 2. The lowest BCUT2D eigenvalue weighted by molar-refractivity contribution is 0.0696. The monoisotopic (exact) mass is 289 g/mol. The lowest BCUT2D eigenvalue weighted by atomic mass is 10.1. The molecule has 0 spiro atoms. The van der Waals surface area contributed by atoms with Crippen LogP contribution in [0.15, 0.2) is 24.5 Å². The lowest BCUT2D eigenvalue weighted by Gasteiger charge is -2.17. The van der Waals surface area contributed by atoms with E-state index in [9.17, 15) is 9.59 Å². The predicted octanol–water partition coefficient (Wildman–Crippen LogP) is 1.48. The number of carboxylic acid groups (broad SMARTS) is 1. The highest BCUT2D eigenvalue weighted by molar-refractivity contribution is 5.92. The van der Waals surface area contributed by atoms with Crippen LogP contribution in [0, 0.1) is 6.92 Å². The highest BCUT2D eigenvalue weighted by Crippen LogP contribution is 2.15. The summed E-state index contributed by atoms with van der Waals surface area (Å²) in [6.07, 6.45) is 1.37. The van der Waals surface area contributed by atoms with Crippen molar-refractivity contribution in [1.29, 1.82) is 0 Å². The van der Waals surface area contributed by atoms with E-state index in [0.717, 1.165) is 0 Å². The number of carboxylic acids is 1. The van der Waals surface area contributed by atoms with Crippen molar-refractivity contribution >= 4 is 17.7 Å². The molecule has 0 radical (unpaired) electrons.